The number of hydrogen-bond donors (Lipinski definition) is 1. The van der Waals surface area contributed by atoms with Crippen LogP contribution in [0.4, 0.5) is 4.39 Å². The van der Waals surface area contributed by atoms with E-state index in [0.717, 1.165) is 24.1 Å². The van der Waals surface area contributed by atoms with Gasteiger partial charge in [0.1, 0.15) is 5.82 Å². The Bertz CT molecular complexity index is 579. The monoisotopic (exact) mass is 299 g/mol. The SMILES string of the molecule is CC(CCNC(C)(C)C)c1ccc(-c2ccc(F)cc2)cc1. The lowest BCUT2D eigenvalue weighted by Gasteiger charge is -2.22. The molecule has 0 aliphatic heterocycles. The maximum absolute atomic E-state index is 13.0. The van der Waals surface area contributed by atoms with Crippen molar-refractivity contribution >= 4 is 0 Å². The van der Waals surface area contributed by atoms with Crippen LogP contribution in [0.5, 0.6) is 0 Å². The third-order valence-electron chi connectivity index (χ3n) is 3.89. The lowest BCUT2D eigenvalue weighted by atomic mass is 9.95. The van der Waals surface area contributed by atoms with Crippen molar-refractivity contribution in [1.82, 2.24) is 5.32 Å². The van der Waals surface area contributed by atoms with Gasteiger partial charge in [0, 0.05) is 5.54 Å². The predicted molar refractivity (Wildman–Crippen MR) is 92.6 cm³/mol. The number of hydrogen-bond acceptors (Lipinski definition) is 1. The maximum atomic E-state index is 13.0. The first-order valence-electron chi connectivity index (χ1n) is 7.96. The van der Waals surface area contributed by atoms with Gasteiger partial charge in [-0.3, -0.25) is 0 Å². The summed E-state index contributed by atoms with van der Waals surface area (Å²) in [6.07, 6.45) is 1.12. The highest BCUT2D eigenvalue weighted by Crippen LogP contribution is 2.24. The summed E-state index contributed by atoms with van der Waals surface area (Å²) >= 11 is 0. The molecule has 0 aromatic heterocycles. The minimum atomic E-state index is -0.194. The van der Waals surface area contributed by atoms with Crippen molar-refractivity contribution in [2.24, 2.45) is 0 Å². The number of rotatable bonds is 5. The second-order valence-corrected chi connectivity index (χ2v) is 7.00. The highest BCUT2D eigenvalue weighted by molar-refractivity contribution is 5.63. The molecular weight excluding hydrogens is 273 g/mol. The Morgan fingerprint density at radius 3 is 1.91 bits per heavy atom. The molecule has 1 N–H and O–H groups in total. The smallest absolute Gasteiger partial charge is 0.123 e. The average Bonchev–Trinajstić information content (AvgIpc) is 2.47. The van der Waals surface area contributed by atoms with Gasteiger partial charge in [-0.25, -0.2) is 4.39 Å². The molecule has 118 valence electrons. The minimum Gasteiger partial charge on any atom is -0.312 e. The summed E-state index contributed by atoms with van der Waals surface area (Å²) in [4.78, 5) is 0. The van der Waals surface area contributed by atoms with E-state index in [9.17, 15) is 4.39 Å². The Hall–Kier alpha value is -1.67. The fraction of sp³-hybridized carbons (Fsp3) is 0.400. The summed E-state index contributed by atoms with van der Waals surface area (Å²) in [5.74, 6) is 0.331. The van der Waals surface area contributed by atoms with E-state index in [1.165, 1.54) is 17.7 Å². The van der Waals surface area contributed by atoms with Crippen molar-refractivity contribution in [2.75, 3.05) is 6.54 Å². The molecule has 0 amide bonds. The van der Waals surface area contributed by atoms with Crippen molar-refractivity contribution in [3.63, 3.8) is 0 Å². The summed E-state index contributed by atoms with van der Waals surface area (Å²) in [6.45, 7) is 9.85. The van der Waals surface area contributed by atoms with Gasteiger partial charge in [0.2, 0.25) is 0 Å². The molecule has 2 aromatic carbocycles. The fourth-order valence-corrected chi connectivity index (χ4v) is 2.48. The summed E-state index contributed by atoms with van der Waals surface area (Å²) in [7, 11) is 0. The molecule has 0 saturated heterocycles. The zero-order valence-electron chi connectivity index (χ0n) is 14.0. The fourth-order valence-electron chi connectivity index (χ4n) is 2.48. The van der Waals surface area contributed by atoms with Crippen molar-refractivity contribution in [1.29, 1.82) is 0 Å². The quantitative estimate of drug-likeness (QED) is 0.782. The van der Waals surface area contributed by atoms with Gasteiger partial charge in [-0.1, -0.05) is 43.3 Å². The number of nitrogens with one attached hydrogen (secondary N) is 1. The van der Waals surface area contributed by atoms with Crippen molar-refractivity contribution in [2.45, 2.75) is 45.6 Å². The first-order valence-corrected chi connectivity index (χ1v) is 7.96. The Labute approximate surface area is 133 Å². The molecule has 0 saturated carbocycles. The standard InChI is InChI=1S/C20H26FN/c1-15(13-14-22-20(2,3)4)16-5-7-17(8-6-16)18-9-11-19(21)12-10-18/h5-12,15,22H,13-14H2,1-4H3. The van der Waals surface area contributed by atoms with Gasteiger partial charge >= 0.3 is 0 Å². The Balaban J connectivity index is 1.97. The topological polar surface area (TPSA) is 12.0 Å². The molecule has 1 nitrogen and oxygen atoms in total. The van der Waals surface area contributed by atoms with Gasteiger partial charge in [-0.2, -0.15) is 0 Å². The zero-order chi connectivity index (χ0) is 16.2. The Morgan fingerprint density at radius 1 is 0.909 bits per heavy atom. The number of benzene rings is 2. The van der Waals surface area contributed by atoms with Gasteiger partial charge < -0.3 is 5.32 Å². The summed E-state index contributed by atoms with van der Waals surface area (Å²) in [6, 6.07) is 15.3. The van der Waals surface area contributed by atoms with E-state index < -0.39 is 0 Å². The molecule has 0 fully saturated rings. The van der Waals surface area contributed by atoms with E-state index in [1.807, 2.05) is 12.1 Å². The molecule has 1 unspecified atom stereocenters. The highest BCUT2D eigenvalue weighted by Gasteiger charge is 2.10. The van der Waals surface area contributed by atoms with Crippen LogP contribution in [-0.2, 0) is 0 Å². The van der Waals surface area contributed by atoms with Crippen molar-refractivity contribution < 1.29 is 4.39 Å². The van der Waals surface area contributed by atoms with E-state index in [4.69, 9.17) is 0 Å². The first-order chi connectivity index (χ1) is 10.3. The van der Waals surface area contributed by atoms with Crippen LogP contribution in [0.25, 0.3) is 11.1 Å². The summed E-state index contributed by atoms with van der Waals surface area (Å²) in [5, 5.41) is 3.53. The van der Waals surface area contributed by atoms with Crippen molar-refractivity contribution in [3.05, 3.63) is 59.9 Å². The molecule has 2 heteroatoms. The molecule has 2 rings (SSSR count). The lowest BCUT2D eigenvalue weighted by Crippen LogP contribution is -2.36. The van der Waals surface area contributed by atoms with Crippen LogP contribution in [0.3, 0.4) is 0 Å². The van der Waals surface area contributed by atoms with Gasteiger partial charge in [0.05, 0.1) is 0 Å². The van der Waals surface area contributed by atoms with Crippen LogP contribution < -0.4 is 5.32 Å². The maximum Gasteiger partial charge on any atom is 0.123 e. The van der Waals surface area contributed by atoms with Gasteiger partial charge in [0.25, 0.3) is 0 Å². The van der Waals surface area contributed by atoms with E-state index >= 15 is 0 Å². The Morgan fingerprint density at radius 2 is 1.41 bits per heavy atom. The highest BCUT2D eigenvalue weighted by atomic mass is 19.1. The summed E-state index contributed by atoms with van der Waals surface area (Å²) < 4.78 is 13.0. The van der Waals surface area contributed by atoms with E-state index in [2.05, 4.69) is 57.3 Å². The van der Waals surface area contributed by atoms with Crippen LogP contribution in [0, 0.1) is 5.82 Å². The van der Waals surface area contributed by atoms with Gasteiger partial charge in [-0.15, -0.1) is 0 Å². The van der Waals surface area contributed by atoms with Crippen molar-refractivity contribution in [3.8, 4) is 11.1 Å². The third-order valence-corrected chi connectivity index (χ3v) is 3.89. The third kappa shape index (κ3) is 4.96. The largest absolute Gasteiger partial charge is 0.312 e. The molecule has 0 radical (unpaired) electrons. The van der Waals surface area contributed by atoms with Crippen LogP contribution in [0.2, 0.25) is 0 Å². The molecule has 0 aliphatic rings. The molecule has 0 bridgehead atoms. The van der Waals surface area contributed by atoms with Gasteiger partial charge in [0.15, 0.2) is 0 Å². The van der Waals surface area contributed by atoms with E-state index in [0.29, 0.717) is 5.92 Å². The lowest BCUT2D eigenvalue weighted by molar-refractivity contribution is 0.413. The second kappa shape index (κ2) is 7.06. The molecule has 0 aliphatic carbocycles. The predicted octanol–water partition coefficient (Wildman–Crippen LogP) is 5.37. The minimum absolute atomic E-state index is 0.173. The number of halogens is 1. The van der Waals surface area contributed by atoms with Gasteiger partial charge in [-0.05, 0) is 68.5 Å². The first kappa shape index (κ1) is 16.7. The summed E-state index contributed by atoms with van der Waals surface area (Å²) in [5.41, 5.74) is 3.70. The van der Waals surface area contributed by atoms with Crippen LogP contribution in [0.15, 0.2) is 48.5 Å². The molecular formula is C20H26FN. The second-order valence-electron chi connectivity index (χ2n) is 7.00. The Kier molecular flexibility index (Phi) is 5.36. The zero-order valence-corrected chi connectivity index (χ0v) is 14.0. The molecule has 22 heavy (non-hydrogen) atoms. The van der Waals surface area contributed by atoms with E-state index in [-0.39, 0.29) is 11.4 Å². The van der Waals surface area contributed by atoms with E-state index in [1.54, 1.807) is 0 Å². The van der Waals surface area contributed by atoms with Crippen LogP contribution in [0.1, 0.15) is 45.6 Å². The van der Waals surface area contributed by atoms with Crippen LogP contribution >= 0.6 is 0 Å². The average molecular weight is 299 g/mol. The molecule has 1 atom stereocenters. The molecule has 0 spiro atoms. The molecule has 2 aromatic rings. The molecule has 0 heterocycles. The normalized spacial score (nSPS) is 13.1. The van der Waals surface area contributed by atoms with Crippen LogP contribution in [-0.4, -0.2) is 12.1 Å².